The number of carbonyl (C=O) groups is 1. The Morgan fingerprint density at radius 3 is 2.87 bits per heavy atom. The van der Waals surface area contributed by atoms with Gasteiger partial charge < -0.3 is 14.2 Å². The molecule has 128 valence electrons. The van der Waals surface area contributed by atoms with Crippen LogP contribution in [0.4, 0.5) is 0 Å². The van der Waals surface area contributed by atoms with Crippen LogP contribution in [0.15, 0.2) is 10.6 Å². The summed E-state index contributed by atoms with van der Waals surface area (Å²) < 4.78 is 35.6. The van der Waals surface area contributed by atoms with Crippen molar-refractivity contribution in [2.45, 2.75) is 25.4 Å². The number of nitrogens with zero attached hydrogens (tertiary/aromatic N) is 2. The van der Waals surface area contributed by atoms with Crippen LogP contribution in [0.2, 0.25) is 0 Å². The molecule has 0 bridgehead atoms. The van der Waals surface area contributed by atoms with Gasteiger partial charge in [-0.3, -0.25) is 4.79 Å². The third-order valence-corrected chi connectivity index (χ3v) is 5.24. The van der Waals surface area contributed by atoms with Crippen molar-refractivity contribution in [3.8, 4) is 0 Å². The van der Waals surface area contributed by atoms with Crippen molar-refractivity contribution in [3.05, 3.63) is 17.5 Å². The first kappa shape index (κ1) is 16.4. The molecule has 2 fully saturated rings. The minimum atomic E-state index is -3.17. The zero-order valence-electron chi connectivity index (χ0n) is 13.2. The molecule has 0 aliphatic carbocycles. The number of likely N-dealkylation sites (tertiary alicyclic amines) is 1. The van der Waals surface area contributed by atoms with E-state index in [1.165, 1.54) is 0 Å². The molecule has 3 rings (SSSR count). The summed E-state index contributed by atoms with van der Waals surface area (Å²) >= 11 is 0. The lowest BCUT2D eigenvalue weighted by Crippen LogP contribution is -2.66. The van der Waals surface area contributed by atoms with Crippen LogP contribution in [0.3, 0.4) is 0 Å². The molecule has 8 nitrogen and oxygen atoms in total. The quantitative estimate of drug-likeness (QED) is 0.817. The molecule has 1 atom stereocenters. The largest absolute Gasteiger partial charge is 0.371 e. The molecule has 23 heavy (non-hydrogen) atoms. The molecule has 0 saturated carbocycles. The monoisotopic (exact) mass is 343 g/mol. The number of rotatable bonds is 5. The van der Waals surface area contributed by atoms with Gasteiger partial charge in [-0.05, 0) is 25.7 Å². The van der Waals surface area contributed by atoms with E-state index in [1.807, 2.05) is 0 Å². The second kappa shape index (κ2) is 5.88. The number of sulfonamides is 1. The van der Waals surface area contributed by atoms with Gasteiger partial charge in [-0.1, -0.05) is 5.16 Å². The highest BCUT2D eigenvalue weighted by Gasteiger charge is 2.54. The summed E-state index contributed by atoms with van der Waals surface area (Å²) in [6.07, 6.45) is 2.74. The average Bonchev–Trinajstić information content (AvgIpc) is 3.01. The molecule has 9 heteroatoms. The van der Waals surface area contributed by atoms with Gasteiger partial charge in [0.25, 0.3) is 5.91 Å². The second-order valence-corrected chi connectivity index (χ2v) is 8.17. The van der Waals surface area contributed by atoms with Gasteiger partial charge in [0.05, 0.1) is 19.3 Å². The van der Waals surface area contributed by atoms with Gasteiger partial charge in [0.1, 0.15) is 11.4 Å². The minimum Gasteiger partial charge on any atom is -0.371 e. The van der Waals surface area contributed by atoms with Gasteiger partial charge in [0.15, 0.2) is 5.69 Å². The van der Waals surface area contributed by atoms with Gasteiger partial charge in [-0.25, -0.2) is 13.1 Å². The van der Waals surface area contributed by atoms with Crippen molar-refractivity contribution in [1.29, 1.82) is 0 Å². The highest BCUT2D eigenvalue weighted by Crippen LogP contribution is 2.41. The van der Waals surface area contributed by atoms with Gasteiger partial charge in [0, 0.05) is 19.2 Å². The molecule has 0 radical (unpaired) electrons. The second-order valence-electron chi connectivity index (χ2n) is 6.34. The fourth-order valence-electron chi connectivity index (χ4n) is 3.33. The summed E-state index contributed by atoms with van der Waals surface area (Å²) in [5.41, 5.74) is -0.0289. The molecule has 1 aromatic rings. The van der Waals surface area contributed by atoms with Crippen LogP contribution >= 0.6 is 0 Å². The van der Waals surface area contributed by atoms with E-state index in [4.69, 9.17) is 9.26 Å². The number of aromatic nitrogens is 1. The van der Waals surface area contributed by atoms with Crippen LogP contribution in [0.5, 0.6) is 0 Å². The summed E-state index contributed by atoms with van der Waals surface area (Å²) in [6, 6.07) is 1.62. The highest BCUT2D eigenvalue weighted by atomic mass is 32.2. The van der Waals surface area contributed by atoms with Gasteiger partial charge >= 0.3 is 0 Å². The van der Waals surface area contributed by atoms with E-state index in [9.17, 15) is 13.2 Å². The molecule has 1 spiro atoms. The molecule has 1 aromatic heterocycles. The van der Waals surface area contributed by atoms with Crippen molar-refractivity contribution < 1.29 is 22.5 Å². The number of hydrogen-bond donors (Lipinski definition) is 1. The fraction of sp³-hybridized carbons (Fsp3) is 0.714. The van der Waals surface area contributed by atoms with E-state index >= 15 is 0 Å². The summed E-state index contributed by atoms with van der Waals surface area (Å²) in [4.78, 5) is 14.0. The van der Waals surface area contributed by atoms with E-state index in [0.717, 1.165) is 12.7 Å². The van der Waals surface area contributed by atoms with E-state index in [0.29, 0.717) is 44.1 Å². The standard InChI is InChI=1S/C14H21N3O5S/c1-10-7-12(16-22-10)13(18)17-8-14(9-17)11(4-6-21-14)3-5-15-23(2,19)20/h7,11,15H,3-6,8-9H2,1-2H3. The van der Waals surface area contributed by atoms with Crippen LogP contribution in [-0.4, -0.2) is 62.5 Å². The highest BCUT2D eigenvalue weighted by molar-refractivity contribution is 7.88. The molecular formula is C14H21N3O5S. The third kappa shape index (κ3) is 3.41. The van der Waals surface area contributed by atoms with Crippen LogP contribution < -0.4 is 4.72 Å². The maximum atomic E-state index is 12.3. The van der Waals surface area contributed by atoms with Crippen molar-refractivity contribution >= 4 is 15.9 Å². The molecule has 2 aliphatic rings. The summed E-state index contributed by atoms with van der Waals surface area (Å²) in [5.74, 6) is 0.696. The summed E-state index contributed by atoms with van der Waals surface area (Å²) in [7, 11) is -3.17. The zero-order chi connectivity index (χ0) is 16.7. The van der Waals surface area contributed by atoms with Crippen molar-refractivity contribution in [2.75, 3.05) is 32.5 Å². The zero-order valence-corrected chi connectivity index (χ0v) is 14.1. The predicted octanol–water partition coefficient (Wildman–Crippen LogP) is 0.153. The number of carbonyl (C=O) groups excluding carboxylic acids is 1. The number of nitrogens with one attached hydrogen (secondary N) is 1. The SMILES string of the molecule is Cc1cc(C(=O)N2CC3(C2)OCCC3CCNS(C)(=O)=O)no1. The van der Waals surface area contributed by atoms with Crippen LogP contribution in [0.1, 0.15) is 29.1 Å². The summed E-state index contributed by atoms with van der Waals surface area (Å²) in [6.45, 7) is 3.81. The minimum absolute atomic E-state index is 0.156. The van der Waals surface area contributed by atoms with Gasteiger partial charge in [0.2, 0.25) is 10.0 Å². The first-order chi connectivity index (χ1) is 10.8. The smallest absolute Gasteiger partial charge is 0.276 e. The summed E-state index contributed by atoms with van der Waals surface area (Å²) in [5, 5.41) is 3.75. The first-order valence-electron chi connectivity index (χ1n) is 7.60. The van der Waals surface area contributed by atoms with Crippen LogP contribution in [0.25, 0.3) is 0 Å². The van der Waals surface area contributed by atoms with Gasteiger partial charge in [-0.15, -0.1) is 0 Å². The number of ether oxygens (including phenoxy) is 1. The molecular weight excluding hydrogens is 322 g/mol. The van der Waals surface area contributed by atoms with E-state index in [2.05, 4.69) is 9.88 Å². The number of amides is 1. The van der Waals surface area contributed by atoms with E-state index < -0.39 is 10.0 Å². The third-order valence-electron chi connectivity index (χ3n) is 4.51. The van der Waals surface area contributed by atoms with Crippen molar-refractivity contribution in [2.24, 2.45) is 5.92 Å². The Morgan fingerprint density at radius 2 is 2.26 bits per heavy atom. The van der Waals surface area contributed by atoms with Crippen molar-refractivity contribution in [1.82, 2.24) is 14.8 Å². The maximum Gasteiger partial charge on any atom is 0.276 e. The van der Waals surface area contributed by atoms with Gasteiger partial charge in [-0.2, -0.15) is 0 Å². The molecule has 0 aromatic carbocycles. The Bertz CT molecular complexity index is 693. The predicted molar refractivity (Wildman–Crippen MR) is 81.4 cm³/mol. The Balaban J connectivity index is 1.56. The van der Waals surface area contributed by atoms with Crippen LogP contribution in [0, 0.1) is 12.8 Å². The molecule has 2 aliphatic heterocycles. The Labute approximate surface area is 135 Å². The average molecular weight is 343 g/mol. The lowest BCUT2D eigenvalue weighted by molar-refractivity contribution is -0.118. The normalized spacial score (nSPS) is 23.2. The first-order valence-corrected chi connectivity index (χ1v) is 9.49. The Hall–Kier alpha value is -1.45. The molecule has 2 saturated heterocycles. The number of hydrogen-bond acceptors (Lipinski definition) is 6. The molecule has 1 unspecified atom stereocenters. The van der Waals surface area contributed by atoms with Crippen LogP contribution in [-0.2, 0) is 14.8 Å². The van der Waals surface area contributed by atoms with E-state index in [-0.39, 0.29) is 17.4 Å². The maximum absolute atomic E-state index is 12.3. The lowest BCUT2D eigenvalue weighted by Gasteiger charge is -2.50. The fourth-order valence-corrected chi connectivity index (χ4v) is 3.82. The molecule has 1 amide bonds. The molecule has 1 N–H and O–H groups in total. The van der Waals surface area contributed by atoms with E-state index in [1.54, 1.807) is 17.9 Å². The Morgan fingerprint density at radius 1 is 1.52 bits per heavy atom. The Kier molecular flexibility index (Phi) is 4.19. The molecule has 3 heterocycles. The topological polar surface area (TPSA) is 102 Å². The van der Waals surface area contributed by atoms with Crippen molar-refractivity contribution in [3.63, 3.8) is 0 Å². The number of aryl methyl sites for hydroxylation is 1. The lowest BCUT2D eigenvalue weighted by atomic mass is 9.79.